The molecule has 0 aromatic heterocycles. The number of Topliss-reactive ketones (excluding diaryl/α,β-unsaturated/α-hetero) is 4. The second kappa shape index (κ2) is 19.2. The van der Waals surface area contributed by atoms with Gasteiger partial charge < -0.3 is 62.3 Å². The fourth-order valence-corrected chi connectivity index (χ4v) is 13.3. The Morgan fingerprint density at radius 3 is 1.85 bits per heavy atom. The zero-order valence-electron chi connectivity index (χ0n) is 43.5. The number of amides is 2. The van der Waals surface area contributed by atoms with Crippen LogP contribution in [0.2, 0.25) is 0 Å². The number of nitrogens with two attached hydrogens (primary N) is 2. The van der Waals surface area contributed by atoms with Gasteiger partial charge in [0.05, 0.1) is 40.9 Å². The molecule has 2 saturated carbocycles. The highest BCUT2D eigenvalue weighted by Gasteiger charge is 2.69. The number of piperidine rings is 1. The van der Waals surface area contributed by atoms with Gasteiger partial charge in [-0.25, -0.2) is 0 Å². The first-order valence-electron chi connectivity index (χ1n) is 25.4. The van der Waals surface area contributed by atoms with Crippen LogP contribution in [0.1, 0.15) is 100.0 Å². The van der Waals surface area contributed by atoms with Gasteiger partial charge in [-0.1, -0.05) is 39.8 Å². The molecule has 9 rings (SSSR count). The first kappa shape index (κ1) is 54.7. The monoisotopic (exact) mass is 1040 g/mol. The van der Waals surface area contributed by atoms with Gasteiger partial charge in [0.2, 0.25) is 11.6 Å². The Morgan fingerprint density at radius 2 is 1.29 bits per heavy atom. The van der Waals surface area contributed by atoms with Crippen LogP contribution < -0.4 is 16.4 Å². The lowest BCUT2D eigenvalue weighted by Crippen LogP contribution is -2.70. The number of phenols is 2. The van der Waals surface area contributed by atoms with E-state index in [1.165, 1.54) is 30.0 Å². The van der Waals surface area contributed by atoms with Gasteiger partial charge in [0.15, 0.2) is 22.8 Å². The minimum Gasteiger partial charge on any atom is -0.508 e. The van der Waals surface area contributed by atoms with Gasteiger partial charge in [0, 0.05) is 36.1 Å². The van der Waals surface area contributed by atoms with E-state index in [2.05, 4.69) is 20.8 Å². The smallest absolute Gasteiger partial charge is 0.255 e. The molecule has 0 radical (unpaired) electrons. The van der Waals surface area contributed by atoms with E-state index in [0.717, 1.165) is 62.7 Å². The molecule has 2 amide bonds. The number of benzene rings is 2. The molecule has 20 heteroatoms. The molecule has 1 aliphatic heterocycles. The summed E-state index contributed by atoms with van der Waals surface area (Å²) in [4.78, 5) is 83.3. The van der Waals surface area contributed by atoms with Crippen molar-refractivity contribution in [3.8, 4) is 11.5 Å². The number of rotatable bonds is 8. The normalized spacial score (nSPS) is 30.6. The Labute approximate surface area is 433 Å². The Kier molecular flexibility index (Phi) is 14.0. The Morgan fingerprint density at radius 1 is 0.747 bits per heavy atom. The van der Waals surface area contributed by atoms with E-state index in [-0.39, 0.29) is 45.6 Å². The summed E-state index contributed by atoms with van der Waals surface area (Å²) >= 11 is 0. The number of carbonyl (C=O) groups excluding carboxylic acids is 6. The van der Waals surface area contributed by atoms with Crippen LogP contribution in [0, 0.1) is 29.1 Å². The molecule has 20 nitrogen and oxygen atoms in total. The lowest BCUT2D eigenvalue weighted by Gasteiger charge is -2.53. The quantitative estimate of drug-likeness (QED) is 0.169. The predicted molar refractivity (Wildman–Crippen MR) is 273 cm³/mol. The molecule has 75 heavy (non-hydrogen) atoms. The molecule has 1 saturated heterocycles. The van der Waals surface area contributed by atoms with Crippen molar-refractivity contribution in [3.63, 3.8) is 0 Å². The lowest BCUT2D eigenvalue weighted by atomic mass is 9.54. The van der Waals surface area contributed by atoms with Crippen molar-refractivity contribution in [2.75, 3.05) is 46.2 Å². The van der Waals surface area contributed by atoms with Crippen LogP contribution in [0.4, 0.5) is 5.69 Å². The van der Waals surface area contributed by atoms with Crippen LogP contribution in [-0.2, 0) is 41.6 Å². The molecule has 1 unspecified atom stereocenters. The number of primary amides is 2. The zero-order chi connectivity index (χ0) is 55.5. The van der Waals surface area contributed by atoms with Gasteiger partial charge in [-0.15, -0.1) is 0 Å². The molecule has 3 fully saturated rings. The van der Waals surface area contributed by atoms with E-state index in [1.54, 1.807) is 33.2 Å². The second-order valence-electron chi connectivity index (χ2n) is 23.0. The summed E-state index contributed by atoms with van der Waals surface area (Å²) in [6, 6.07) is 4.35. The maximum Gasteiger partial charge on any atom is 0.255 e. The summed E-state index contributed by atoms with van der Waals surface area (Å²) < 4.78 is 0. The second-order valence-corrected chi connectivity index (χ2v) is 23.0. The number of hydrogen-bond acceptors (Lipinski definition) is 18. The number of likely N-dealkylation sites (N-methyl/N-ethyl adjacent to an activating group) is 2. The lowest BCUT2D eigenvalue weighted by molar-refractivity contribution is -0.169. The van der Waals surface area contributed by atoms with Crippen LogP contribution in [0.25, 0.3) is 11.5 Å². The van der Waals surface area contributed by atoms with Crippen molar-refractivity contribution in [3.05, 3.63) is 85.9 Å². The third-order valence-electron chi connectivity index (χ3n) is 16.9. The van der Waals surface area contributed by atoms with Crippen molar-refractivity contribution in [1.29, 1.82) is 0 Å². The minimum absolute atomic E-state index is 0.0177. The Bertz CT molecular complexity index is 2960. The standard InChI is InChI=1S/C28H36N2O7.C27H33N3O8/c1-27(2,3)10-6-7-13-8-9-17(31)19-15(13)11-14-12-16-21(30(4)5)23(33)20(26(29)36)25(35)28(16,37)24(34)18(14)22(19)32;1-11-12-7-8-13(30-9-5-4-6-10-30)20(31)15(12)21(32)16-14(11)22(33)18-19(29(2)3)23(34)17(26(28)37)25(36)27(18,38)24(16)35/h8-9,14,16,21,31-32,35,37H,6-7,10-12H2,1-5H3,(H2,29,36);7-8,11,14,18-19,22,31-33,36,38H,4-6,9-10H2,1-3H3,(H2,28,37)/t14-,16-,21?,28-;11-,14+,18+,19-,22-,27-/m11/s1. The van der Waals surface area contributed by atoms with Crippen molar-refractivity contribution in [2.45, 2.75) is 114 Å². The maximum absolute atomic E-state index is 14.0. The van der Waals surface area contributed by atoms with Gasteiger partial charge >= 0.3 is 0 Å². The predicted octanol–water partition coefficient (Wildman–Crippen LogP) is 2.82. The third-order valence-corrected chi connectivity index (χ3v) is 16.9. The van der Waals surface area contributed by atoms with Crippen molar-refractivity contribution >= 4 is 52.2 Å². The maximum atomic E-state index is 14.0. The molecule has 1 heterocycles. The van der Waals surface area contributed by atoms with Gasteiger partial charge in [-0.05, 0) is 126 Å². The van der Waals surface area contributed by atoms with Crippen LogP contribution >= 0.6 is 0 Å². The molecule has 404 valence electrons. The number of carbonyl (C=O) groups is 6. The number of aliphatic hydroxyl groups excluding tert-OH is 5. The highest BCUT2D eigenvalue weighted by molar-refractivity contribution is 6.25. The molecule has 2 aromatic rings. The molecule has 10 atom stereocenters. The molecule has 13 N–H and O–H groups in total. The van der Waals surface area contributed by atoms with Crippen LogP contribution in [-0.4, -0.2) is 161 Å². The van der Waals surface area contributed by atoms with E-state index < -0.39 is 128 Å². The van der Waals surface area contributed by atoms with Gasteiger partial charge in [-0.3, -0.25) is 38.6 Å². The molecular weight excluding hydrogens is 971 g/mol. The Hall–Kier alpha value is -6.58. The number of aromatic hydroxyl groups is 2. The summed E-state index contributed by atoms with van der Waals surface area (Å²) in [5, 5.41) is 102. The summed E-state index contributed by atoms with van der Waals surface area (Å²) in [5.74, 6) is -15.1. The van der Waals surface area contributed by atoms with Gasteiger partial charge in [-0.2, -0.15) is 0 Å². The molecule has 0 bridgehead atoms. The summed E-state index contributed by atoms with van der Waals surface area (Å²) in [6.07, 6.45) is 4.36. The van der Waals surface area contributed by atoms with Crippen LogP contribution in [0.3, 0.4) is 0 Å². The number of nitrogens with zero attached hydrogens (tertiary/aromatic N) is 3. The SMILES string of the molecule is CN(C)C1C(=O)C(C(N)=O)=C(O)[C@]2(O)C(=O)C3=C(O)c4c(O)ccc(CCCC(C)(C)C)c4C[C@@H]3C[C@H]12.C[C@@H]1c2ccc(N3CCCCC3)c(O)c2C(O)=C2C(=O)[C@@]3(O)C(O)=C(C(N)=O)C(=O)[C@H](N(C)C)[C@H]3[C@H](O)[C@H]21. The molecule has 0 spiro atoms. The largest absolute Gasteiger partial charge is 0.508 e. The van der Waals surface area contributed by atoms with Crippen LogP contribution in [0.15, 0.2) is 58.1 Å². The first-order valence-corrected chi connectivity index (χ1v) is 25.4. The van der Waals surface area contributed by atoms with Crippen LogP contribution in [0.5, 0.6) is 11.5 Å². The summed E-state index contributed by atoms with van der Waals surface area (Å²) in [7, 11) is 6.12. The molecule has 6 aliphatic carbocycles. The number of aryl methyl sites for hydroxylation is 1. The number of fused-ring (bicyclic) bond motifs is 6. The Balaban J connectivity index is 0.000000199. The molecular formula is C55H69N5O15. The van der Waals surface area contributed by atoms with Crippen molar-refractivity contribution in [2.24, 2.45) is 40.6 Å². The fraction of sp³-hybridized carbons (Fsp3) is 0.527. The fourth-order valence-electron chi connectivity index (χ4n) is 13.3. The highest BCUT2D eigenvalue weighted by atomic mass is 16.4. The number of anilines is 1. The highest BCUT2D eigenvalue weighted by Crippen LogP contribution is 2.58. The third kappa shape index (κ3) is 8.30. The van der Waals surface area contributed by atoms with E-state index >= 15 is 0 Å². The van der Waals surface area contributed by atoms with E-state index in [1.807, 2.05) is 11.0 Å². The molecule has 2 aromatic carbocycles. The van der Waals surface area contributed by atoms with E-state index in [0.29, 0.717) is 17.7 Å². The number of aliphatic hydroxyl groups is 7. The first-order chi connectivity index (χ1) is 35.0. The zero-order valence-corrected chi connectivity index (χ0v) is 43.5. The summed E-state index contributed by atoms with van der Waals surface area (Å²) in [6.45, 7) is 9.64. The number of hydrogen-bond donors (Lipinski definition) is 11. The topological polar surface area (TPSA) is 346 Å². The van der Waals surface area contributed by atoms with E-state index in [9.17, 15) is 74.7 Å². The van der Waals surface area contributed by atoms with Crippen molar-refractivity contribution < 1.29 is 74.7 Å². The van der Waals surface area contributed by atoms with Gasteiger partial charge in [0.1, 0.15) is 45.7 Å². The summed E-state index contributed by atoms with van der Waals surface area (Å²) in [5.41, 5.74) is 5.90. The van der Waals surface area contributed by atoms with Crippen molar-refractivity contribution in [1.82, 2.24) is 9.80 Å². The number of phenolic OH excluding ortho intramolecular Hbond substituents is 2. The number of ketones is 4. The minimum atomic E-state index is -2.91. The molecule has 7 aliphatic rings. The van der Waals surface area contributed by atoms with Gasteiger partial charge in [0.25, 0.3) is 11.8 Å². The average molecular weight is 1040 g/mol. The average Bonchev–Trinajstić information content (AvgIpc) is 3.34. The van der Waals surface area contributed by atoms with E-state index in [4.69, 9.17) is 11.5 Å².